The molecule has 0 aromatic rings. The van der Waals surface area contributed by atoms with Crippen LogP contribution in [0.15, 0.2) is 0 Å². The summed E-state index contributed by atoms with van der Waals surface area (Å²) >= 11 is 0. The normalized spacial score (nSPS) is 20.7. The van der Waals surface area contributed by atoms with Gasteiger partial charge in [-0.05, 0) is 32.1 Å². The molecule has 1 unspecified atom stereocenters. The topological polar surface area (TPSA) is 130 Å². The lowest BCUT2D eigenvalue weighted by atomic mass is 10.1. The Balaban J connectivity index is 2.49. The maximum Gasteiger partial charge on any atom is 0.322 e. The van der Waals surface area contributed by atoms with Crippen molar-refractivity contribution in [2.24, 2.45) is 5.73 Å². The zero-order valence-corrected chi connectivity index (χ0v) is 12.1. The fourth-order valence-corrected chi connectivity index (χ4v) is 3.62. The summed E-state index contributed by atoms with van der Waals surface area (Å²) in [6.07, 6.45) is 2.89. The SMILES string of the molecule is NC(=O)CCCCNS(=O)(=O)N1CCCCC1C(=O)O. The first kappa shape index (κ1) is 16.9. The molecule has 0 aromatic heterocycles. The monoisotopic (exact) mass is 307 g/mol. The van der Waals surface area contributed by atoms with Crippen LogP contribution >= 0.6 is 0 Å². The summed E-state index contributed by atoms with van der Waals surface area (Å²) in [7, 11) is -3.79. The second-order valence-electron chi connectivity index (χ2n) is 4.78. The number of nitrogens with zero attached hydrogens (tertiary/aromatic N) is 1. The molecule has 1 atom stereocenters. The fraction of sp³-hybridized carbons (Fsp3) is 0.818. The molecule has 1 fully saturated rings. The van der Waals surface area contributed by atoms with Gasteiger partial charge in [0.1, 0.15) is 6.04 Å². The van der Waals surface area contributed by atoms with Gasteiger partial charge < -0.3 is 10.8 Å². The minimum atomic E-state index is -3.79. The second kappa shape index (κ2) is 7.55. The quantitative estimate of drug-likeness (QED) is 0.516. The molecule has 0 spiro atoms. The van der Waals surface area contributed by atoms with E-state index in [9.17, 15) is 18.0 Å². The molecule has 0 aromatic carbocycles. The van der Waals surface area contributed by atoms with E-state index in [1.165, 1.54) is 0 Å². The molecule has 9 heteroatoms. The lowest BCUT2D eigenvalue weighted by Crippen LogP contribution is -2.52. The number of nitrogens with one attached hydrogen (secondary N) is 1. The lowest BCUT2D eigenvalue weighted by Gasteiger charge is -2.31. The standard InChI is InChI=1S/C11H21N3O5S/c12-10(15)6-1-3-7-13-20(18,19)14-8-4-2-5-9(14)11(16)17/h9,13H,1-8H2,(H2,12,15)(H,16,17). The predicted octanol–water partition coefficient (Wildman–Crippen LogP) is -0.584. The molecule has 116 valence electrons. The van der Waals surface area contributed by atoms with E-state index in [0.717, 1.165) is 4.31 Å². The average molecular weight is 307 g/mol. The molecule has 0 aliphatic carbocycles. The van der Waals surface area contributed by atoms with E-state index >= 15 is 0 Å². The van der Waals surface area contributed by atoms with Gasteiger partial charge in [0.25, 0.3) is 10.2 Å². The van der Waals surface area contributed by atoms with Crippen molar-refractivity contribution in [1.82, 2.24) is 9.03 Å². The Bertz CT molecular complexity index is 451. The van der Waals surface area contributed by atoms with Crippen molar-refractivity contribution in [3.05, 3.63) is 0 Å². The first-order valence-corrected chi connectivity index (χ1v) is 8.06. The Morgan fingerprint density at radius 1 is 1.30 bits per heavy atom. The average Bonchev–Trinajstić information content (AvgIpc) is 2.37. The minimum Gasteiger partial charge on any atom is -0.480 e. The van der Waals surface area contributed by atoms with E-state index in [4.69, 9.17) is 10.8 Å². The van der Waals surface area contributed by atoms with Gasteiger partial charge in [-0.15, -0.1) is 0 Å². The molecule has 4 N–H and O–H groups in total. The summed E-state index contributed by atoms with van der Waals surface area (Å²) in [6, 6.07) is -0.994. The highest BCUT2D eigenvalue weighted by atomic mass is 32.2. The number of hydrogen-bond acceptors (Lipinski definition) is 4. The largest absolute Gasteiger partial charge is 0.480 e. The van der Waals surface area contributed by atoms with Gasteiger partial charge in [-0.2, -0.15) is 12.7 Å². The highest BCUT2D eigenvalue weighted by molar-refractivity contribution is 7.87. The summed E-state index contributed by atoms with van der Waals surface area (Å²) in [5.74, 6) is -1.54. The first-order valence-electron chi connectivity index (χ1n) is 6.62. The highest BCUT2D eigenvalue weighted by Gasteiger charge is 2.36. The minimum absolute atomic E-state index is 0.165. The van der Waals surface area contributed by atoms with Crippen molar-refractivity contribution in [3.8, 4) is 0 Å². The molecule has 0 radical (unpaired) electrons. The van der Waals surface area contributed by atoms with Crippen LogP contribution in [-0.2, 0) is 19.8 Å². The van der Waals surface area contributed by atoms with Gasteiger partial charge in [-0.1, -0.05) is 0 Å². The van der Waals surface area contributed by atoms with Gasteiger partial charge in [0.05, 0.1) is 0 Å². The van der Waals surface area contributed by atoms with Crippen molar-refractivity contribution in [2.45, 2.75) is 44.6 Å². The first-order chi connectivity index (χ1) is 9.34. The highest BCUT2D eigenvalue weighted by Crippen LogP contribution is 2.19. The predicted molar refractivity (Wildman–Crippen MR) is 71.9 cm³/mol. The molecular formula is C11H21N3O5S. The Kier molecular flexibility index (Phi) is 6.37. The number of piperidine rings is 1. The van der Waals surface area contributed by atoms with Gasteiger partial charge in [-0.3, -0.25) is 9.59 Å². The molecule has 0 bridgehead atoms. The smallest absolute Gasteiger partial charge is 0.322 e. The summed E-state index contributed by atoms with van der Waals surface area (Å²) in [5.41, 5.74) is 4.98. The Morgan fingerprint density at radius 3 is 2.60 bits per heavy atom. The number of amides is 1. The number of primary amides is 1. The van der Waals surface area contributed by atoms with Crippen LogP contribution in [0.3, 0.4) is 0 Å². The van der Waals surface area contributed by atoms with Crippen LogP contribution < -0.4 is 10.5 Å². The molecule has 20 heavy (non-hydrogen) atoms. The van der Waals surface area contributed by atoms with Crippen molar-refractivity contribution in [1.29, 1.82) is 0 Å². The number of unbranched alkanes of at least 4 members (excludes halogenated alkanes) is 1. The molecule has 1 aliphatic heterocycles. The van der Waals surface area contributed by atoms with Crippen LogP contribution in [0.2, 0.25) is 0 Å². The number of rotatable bonds is 8. The maximum absolute atomic E-state index is 12.1. The number of nitrogens with two attached hydrogens (primary N) is 1. The number of aliphatic carboxylic acids is 1. The number of carbonyl (C=O) groups excluding carboxylic acids is 1. The third-order valence-electron chi connectivity index (χ3n) is 3.18. The van der Waals surface area contributed by atoms with E-state index in [2.05, 4.69) is 4.72 Å². The van der Waals surface area contributed by atoms with E-state index in [1.807, 2.05) is 0 Å². The maximum atomic E-state index is 12.1. The van der Waals surface area contributed by atoms with E-state index < -0.39 is 28.1 Å². The number of carboxylic acids is 1. The van der Waals surface area contributed by atoms with Crippen LogP contribution in [-0.4, -0.2) is 48.8 Å². The van der Waals surface area contributed by atoms with Gasteiger partial charge in [0.15, 0.2) is 0 Å². The molecular weight excluding hydrogens is 286 g/mol. The third-order valence-corrected chi connectivity index (χ3v) is 4.81. The van der Waals surface area contributed by atoms with Gasteiger partial charge in [-0.25, -0.2) is 4.72 Å². The van der Waals surface area contributed by atoms with Crippen LogP contribution in [0.1, 0.15) is 38.5 Å². The van der Waals surface area contributed by atoms with Gasteiger partial charge in [0, 0.05) is 19.5 Å². The number of hydrogen-bond donors (Lipinski definition) is 3. The Labute approximate surface area is 118 Å². The van der Waals surface area contributed by atoms with Gasteiger partial charge in [0.2, 0.25) is 5.91 Å². The molecule has 1 aliphatic rings. The van der Waals surface area contributed by atoms with E-state index in [0.29, 0.717) is 32.1 Å². The zero-order valence-electron chi connectivity index (χ0n) is 11.2. The molecule has 1 heterocycles. The number of carboxylic acid groups (broad SMARTS) is 1. The van der Waals surface area contributed by atoms with Crippen molar-refractivity contribution in [3.63, 3.8) is 0 Å². The summed E-state index contributed by atoms with van der Waals surface area (Å²) in [6.45, 7) is 0.381. The van der Waals surface area contributed by atoms with Crippen molar-refractivity contribution >= 4 is 22.1 Å². The summed E-state index contributed by atoms with van der Waals surface area (Å²) < 4.78 is 27.5. The molecule has 1 amide bonds. The summed E-state index contributed by atoms with van der Waals surface area (Å²) in [4.78, 5) is 21.6. The molecule has 1 saturated heterocycles. The zero-order chi connectivity index (χ0) is 15.2. The summed E-state index contributed by atoms with van der Waals surface area (Å²) in [5, 5.41) is 9.06. The number of carbonyl (C=O) groups is 2. The van der Waals surface area contributed by atoms with Crippen LogP contribution in [0.4, 0.5) is 0 Å². The Hall–Kier alpha value is -1.19. The fourth-order valence-electron chi connectivity index (χ4n) is 2.15. The lowest BCUT2D eigenvalue weighted by molar-refractivity contribution is -0.142. The molecule has 0 saturated carbocycles. The molecule has 1 rings (SSSR count). The van der Waals surface area contributed by atoms with Crippen LogP contribution in [0, 0.1) is 0 Å². The van der Waals surface area contributed by atoms with E-state index in [1.54, 1.807) is 0 Å². The third kappa shape index (κ3) is 5.06. The Morgan fingerprint density at radius 2 is 2.00 bits per heavy atom. The second-order valence-corrected chi connectivity index (χ2v) is 6.49. The molecule has 8 nitrogen and oxygen atoms in total. The van der Waals surface area contributed by atoms with Crippen LogP contribution in [0.25, 0.3) is 0 Å². The van der Waals surface area contributed by atoms with Crippen molar-refractivity contribution in [2.75, 3.05) is 13.1 Å². The van der Waals surface area contributed by atoms with Gasteiger partial charge >= 0.3 is 5.97 Å². The van der Waals surface area contributed by atoms with Crippen LogP contribution in [0.5, 0.6) is 0 Å². The van der Waals surface area contributed by atoms with Crippen molar-refractivity contribution < 1.29 is 23.1 Å². The van der Waals surface area contributed by atoms with E-state index in [-0.39, 0.29) is 19.5 Å².